The molecular formula is C12H8ClN3O2S2. The minimum Gasteiger partial charge on any atom is -0.460 e. The zero-order valence-electron chi connectivity index (χ0n) is 10.00. The van der Waals surface area contributed by atoms with Crippen molar-refractivity contribution in [1.82, 2.24) is 15.1 Å². The van der Waals surface area contributed by atoms with E-state index in [9.17, 15) is 4.79 Å². The van der Waals surface area contributed by atoms with E-state index >= 15 is 0 Å². The van der Waals surface area contributed by atoms with Crippen molar-refractivity contribution < 1.29 is 9.21 Å². The highest BCUT2D eigenvalue weighted by molar-refractivity contribution is 8.26. The second-order valence-corrected chi connectivity index (χ2v) is 6.17. The molecule has 1 fully saturated rings. The van der Waals surface area contributed by atoms with Gasteiger partial charge < -0.3 is 9.73 Å². The number of amides is 1. The predicted molar refractivity (Wildman–Crippen MR) is 81.4 cm³/mol. The number of aromatic nitrogens is 2. The van der Waals surface area contributed by atoms with Crippen LogP contribution in [0.15, 0.2) is 33.8 Å². The van der Waals surface area contributed by atoms with Gasteiger partial charge in [0.2, 0.25) is 0 Å². The van der Waals surface area contributed by atoms with Crippen LogP contribution in [-0.4, -0.2) is 20.0 Å². The van der Waals surface area contributed by atoms with E-state index in [4.69, 9.17) is 28.2 Å². The van der Waals surface area contributed by atoms with Crippen molar-refractivity contribution >= 4 is 51.9 Å². The van der Waals surface area contributed by atoms with Crippen LogP contribution in [0.4, 0.5) is 0 Å². The maximum Gasteiger partial charge on any atom is 0.263 e. The lowest BCUT2D eigenvalue weighted by Crippen LogP contribution is -2.17. The van der Waals surface area contributed by atoms with E-state index in [0.29, 0.717) is 26.6 Å². The van der Waals surface area contributed by atoms with Gasteiger partial charge in [-0.05, 0) is 12.1 Å². The van der Waals surface area contributed by atoms with E-state index in [2.05, 4.69) is 10.4 Å². The number of nitrogens with zero attached hydrogens (tertiary/aromatic N) is 2. The Balaban J connectivity index is 1.75. The Morgan fingerprint density at radius 1 is 1.55 bits per heavy atom. The van der Waals surface area contributed by atoms with Gasteiger partial charge in [0.15, 0.2) is 0 Å². The molecule has 0 atom stereocenters. The molecule has 3 heterocycles. The topological polar surface area (TPSA) is 60.1 Å². The fraction of sp³-hybridized carbons (Fsp3) is 0.0833. The predicted octanol–water partition coefficient (Wildman–Crippen LogP) is 2.67. The summed E-state index contributed by atoms with van der Waals surface area (Å²) in [5, 5.41) is 7.20. The van der Waals surface area contributed by atoms with E-state index in [1.165, 1.54) is 11.8 Å². The first-order valence-corrected chi connectivity index (χ1v) is 7.22. The third-order valence-electron chi connectivity index (χ3n) is 2.52. The summed E-state index contributed by atoms with van der Waals surface area (Å²) in [7, 11) is 0. The summed E-state index contributed by atoms with van der Waals surface area (Å²) >= 11 is 11.9. The second kappa shape index (κ2) is 5.43. The van der Waals surface area contributed by atoms with Gasteiger partial charge in [-0.15, -0.1) is 0 Å². The number of furan rings is 1. The Hall–Kier alpha value is -1.57. The zero-order chi connectivity index (χ0) is 14.1. The van der Waals surface area contributed by atoms with Crippen molar-refractivity contribution in [2.75, 3.05) is 0 Å². The monoisotopic (exact) mass is 325 g/mol. The van der Waals surface area contributed by atoms with Gasteiger partial charge in [-0.1, -0.05) is 35.6 Å². The number of thiocarbonyl (C=S) groups is 1. The van der Waals surface area contributed by atoms with Gasteiger partial charge in [-0.2, -0.15) is 5.10 Å². The van der Waals surface area contributed by atoms with Crippen LogP contribution in [0.1, 0.15) is 11.5 Å². The highest BCUT2D eigenvalue weighted by atomic mass is 35.5. The Morgan fingerprint density at radius 2 is 2.40 bits per heavy atom. The van der Waals surface area contributed by atoms with E-state index in [0.717, 1.165) is 5.76 Å². The fourth-order valence-corrected chi connectivity index (χ4v) is 2.87. The molecule has 0 spiro atoms. The SMILES string of the molecule is O=C1NC(=S)SC1=Cc1ccc(Cn2cc(Cl)cn2)o1. The van der Waals surface area contributed by atoms with Crippen molar-refractivity contribution in [3.05, 3.63) is 46.0 Å². The summed E-state index contributed by atoms with van der Waals surface area (Å²) in [6.45, 7) is 0.480. The lowest BCUT2D eigenvalue weighted by molar-refractivity contribution is -0.115. The molecule has 0 radical (unpaired) electrons. The van der Waals surface area contributed by atoms with Gasteiger partial charge in [0.05, 0.1) is 22.7 Å². The van der Waals surface area contributed by atoms with Gasteiger partial charge in [0.1, 0.15) is 15.8 Å². The Labute approximate surface area is 129 Å². The average Bonchev–Trinajstić information content (AvgIpc) is 3.05. The minimum atomic E-state index is -0.197. The minimum absolute atomic E-state index is 0.197. The van der Waals surface area contributed by atoms with Crippen LogP contribution in [0.5, 0.6) is 0 Å². The van der Waals surface area contributed by atoms with Crippen molar-refractivity contribution in [2.24, 2.45) is 0 Å². The molecule has 8 heteroatoms. The van der Waals surface area contributed by atoms with Crippen molar-refractivity contribution in [2.45, 2.75) is 6.54 Å². The van der Waals surface area contributed by atoms with Gasteiger partial charge in [0, 0.05) is 12.3 Å². The number of hydrogen-bond donors (Lipinski definition) is 1. The molecule has 1 saturated heterocycles. The first-order chi connectivity index (χ1) is 9.60. The van der Waals surface area contributed by atoms with Crippen LogP contribution in [0.2, 0.25) is 5.02 Å². The van der Waals surface area contributed by atoms with Crippen LogP contribution in [0, 0.1) is 0 Å². The van der Waals surface area contributed by atoms with E-state index in [1.807, 2.05) is 6.07 Å². The first-order valence-electron chi connectivity index (χ1n) is 5.62. The summed E-state index contributed by atoms with van der Waals surface area (Å²) in [5.74, 6) is 1.13. The molecule has 0 aliphatic carbocycles. The number of carbonyl (C=O) groups is 1. The van der Waals surface area contributed by atoms with E-state index in [-0.39, 0.29) is 5.91 Å². The average molecular weight is 326 g/mol. The van der Waals surface area contributed by atoms with Gasteiger partial charge in [-0.3, -0.25) is 9.48 Å². The van der Waals surface area contributed by atoms with Crippen molar-refractivity contribution in [1.29, 1.82) is 0 Å². The molecule has 0 aromatic carbocycles. The largest absolute Gasteiger partial charge is 0.460 e. The van der Waals surface area contributed by atoms with Crippen LogP contribution < -0.4 is 5.32 Å². The smallest absolute Gasteiger partial charge is 0.263 e. The molecule has 1 aliphatic heterocycles. The van der Waals surface area contributed by atoms with Gasteiger partial charge in [-0.25, -0.2) is 0 Å². The molecule has 1 amide bonds. The van der Waals surface area contributed by atoms with Crippen LogP contribution in [-0.2, 0) is 11.3 Å². The first kappa shape index (κ1) is 13.4. The number of rotatable bonds is 3. The quantitative estimate of drug-likeness (QED) is 0.694. The molecule has 2 aromatic heterocycles. The molecule has 0 saturated carbocycles. The molecule has 3 rings (SSSR count). The van der Waals surface area contributed by atoms with Gasteiger partial charge in [0.25, 0.3) is 5.91 Å². The number of carbonyl (C=O) groups excluding carboxylic acids is 1. The van der Waals surface area contributed by atoms with Crippen LogP contribution in [0.25, 0.3) is 6.08 Å². The van der Waals surface area contributed by atoms with Gasteiger partial charge >= 0.3 is 0 Å². The standard InChI is InChI=1S/C12H8ClN3O2S2/c13-7-4-14-16(5-7)6-9-2-1-8(18-9)3-10-11(17)15-12(19)20-10/h1-5H,6H2,(H,15,17,19). The Bertz CT molecular complexity index is 720. The van der Waals surface area contributed by atoms with Crippen LogP contribution >= 0.6 is 35.6 Å². The third-order valence-corrected chi connectivity index (χ3v) is 3.88. The number of halogens is 1. The maximum atomic E-state index is 11.5. The second-order valence-electron chi connectivity index (χ2n) is 4.01. The lowest BCUT2D eigenvalue weighted by Gasteiger charge is -1.96. The molecule has 102 valence electrons. The summed E-state index contributed by atoms with van der Waals surface area (Å²) in [6.07, 6.45) is 4.94. The fourth-order valence-electron chi connectivity index (χ4n) is 1.69. The summed E-state index contributed by atoms with van der Waals surface area (Å²) < 4.78 is 7.75. The number of nitrogens with one attached hydrogen (secondary N) is 1. The zero-order valence-corrected chi connectivity index (χ0v) is 12.4. The van der Waals surface area contributed by atoms with E-state index in [1.54, 1.807) is 29.2 Å². The summed E-state index contributed by atoms with van der Waals surface area (Å²) in [5.41, 5.74) is 0. The highest BCUT2D eigenvalue weighted by Crippen LogP contribution is 2.26. The lowest BCUT2D eigenvalue weighted by atomic mass is 10.3. The third kappa shape index (κ3) is 2.95. The molecule has 2 aromatic rings. The molecular weight excluding hydrogens is 318 g/mol. The molecule has 0 bridgehead atoms. The number of hydrogen-bond acceptors (Lipinski definition) is 5. The normalized spacial score (nSPS) is 16.9. The maximum absolute atomic E-state index is 11.5. The molecule has 20 heavy (non-hydrogen) atoms. The van der Waals surface area contributed by atoms with Crippen LogP contribution in [0.3, 0.4) is 0 Å². The molecule has 1 aliphatic rings. The molecule has 1 N–H and O–H groups in total. The van der Waals surface area contributed by atoms with Crippen molar-refractivity contribution in [3.63, 3.8) is 0 Å². The Morgan fingerprint density at radius 3 is 3.05 bits per heavy atom. The summed E-state index contributed by atoms with van der Waals surface area (Å²) in [4.78, 5) is 12.1. The molecule has 0 unspecified atom stereocenters. The van der Waals surface area contributed by atoms with E-state index < -0.39 is 0 Å². The highest BCUT2D eigenvalue weighted by Gasteiger charge is 2.22. The Kier molecular flexibility index (Phi) is 3.64. The summed E-state index contributed by atoms with van der Waals surface area (Å²) in [6, 6.07) is 3.63. The number of thioether (sulfide) groups is 1. The van der Waals surface area contributed by atoms with Crippen molar-refractivity contribution in [3.8, 4) is 0 Å². The molecule has 5 nitrogen and oxygen atoms in total.